The molecular weight excluding hydrogens is 272 g/mol. The van der Waals surface area contributed by atoms with Gasteiger partial charge in [0.15, 0.2) is 5.82 Å². The van der Waals surface area contributed by atoms with E-state index in [2.05, 4.69) is 26.3 Å². The first-order chi connectivity index (χ1) is 10.2. The average molecular weight is 292 g/mol. The first kappa shape index (κ1) is 14.0. The number of piperidine rings is 1. The van der Waals surface area contributed by atoms with Crippen LogP contribution in [0.2, 0.25) is 0 Å². The Kier molecular flexibility index (Phi) is 4.14. The van der Waals surface area contributed by atoms with Crippen LogP contribution in [0.15, 0.2) is 6.20 Å². The Balaban J connectivity index is 1.46. The number of nitrogens with one attached hydrogen (secondary N) is 3. The summed E-state index contributed by atoms with van der Waals surface area (Å²) in [7, 11) is 0. The second kappa shape index (κ2) is 6.21. The zero-order chi connectivity index (χ0) is 14.7. The summed E-state index contributed by atoms with van der Waals surface area (Å²) in [6.45, 7) is 1.94. The molecule has 1 aliphatic carbocycles. The molecule has 1 aliphatic heterocycles. The van der Waals surface area contributed by atoms with E-state index in [4.69, 9.17) is 0 Å². The first-order valence-corrected chi connectivity index (χ1v) is 7.42. The van der Waals surface area contributed by atoms with E-state index in [1.54, 1.807) is 6.20 Å². The fraction of sp³-hybridized carbons (Fsp3) is 0.692. The molecule has 8 heteroatoms. The summed E-state index contributed by atoms with van der Waals surface area (Å²) >= 11 is 0. The molecule has 1 saturated carbocycles. The van der Waals surface area contributed by atoms with E-state index in [1.165, 1.54) is 4.68 Å². The van der Waals surface area contributed by atoms with Crippen molar-refractivity contribution < 1.29 is 9.59 Å². The highest BCUT2D eigenvalue weighted by atomic mass is 16.2. The number of hydrogen-bond acceptors (Lipinski definition) is 5. The predicted molar refractivity (Wildman–Crippen MR) is 75.4 cm³/mol. The molecule has 1 aromatic rings. The predicted octanol–water partition coefficient (Wildman–Crippen LogP) is -0.505. The van der Waals surface area contributed by atoms with Gasteiger partial charge in [0.2, 0.25) is 11.8 Å². The third-order valence-corrected chi connectivity index (χ3v) is 3.71. The molecule has 0 aromatic carbocycles. The fourth-order valence-corrected chi connectivity index (χ4v) is 2.40. The van der Waals surface area contributed by atoms with E-state index in [0.29, 0.717) is 5.82 Å². The molecule has 114 valence electrons. The summed E-state index contributed by atoms with van der Waals surface area (Å²) in [5.74, 6) is 0.421. The molecule has 0 spiro atoms. The molecule has 0 radical (unpaired) electrons. The molecule has 2 fully saturated rings. The van der Waals surface area contributed by atoms with Crippen LogP contribution in [-0.2, 0) is 16.1 Å². The van der Waals surface area contributed by atoms with E-state index >= 15 is 0 Å². The van der Waals surface area contributed by atoms with Crippen LogP contribution >= 0.6 is 0 Å². The van der Waals surface area contributed by atoms with E-state index in [0.717, 1.165) is 38.8 Å². The summed E-state index contributed by atoms with van der Waals surface area (Å²) in [6, 6.07) is 0.184. The summed E-state index contributed by atoms with van der Waals surface area (Å²) < 4.78 is 1.44. The topological polar surface area (TPSA) is 101 Å². The Morgan fingerprint density at radius 2 is 2.24 bits per heavy atom. The van der Waals surface area contributed by atoms with Gasteiger partial charge in [-0.3, -0.25) is 9.59 Å². The summed E-state index contributed by atoms with van der Waals surface area (Å²) in [6.07, 6.45) is 5.54. The molecule has 2 amide bonds. The molecule has 3 rings (SSSR count). The molecule has 21 heavy (non-hydrogen) atoms. The van der Waals surface area contributed by atoms with Crippen LogP contribution in [-0.4, -0.2) is 45.9 Å². The molecule has 3 N–H and O–H groups in total. The molecule has 1 saturated heterocycles. The minimum absolute atomic E-state index is 0.0141. The Hall–Kier alpha value is -1.96. The van der Waals surface area contributed by atoms with Crippen molar-refractivity contribution in [3.63, 3.8) is 0 Å². The molecule has 1 aromatic heterocycles. The van der Waals surface area contributed by atoms with Gasteiger partial charge < -0.3 is 16.0 Å². The van der Waals surface area contributed by atoms with Crippen molar-refractivity contribution in [3.8, 4) is 0 Å². The van der Waals surface area contributed by atoms with Crippen LogP contribution in [0.3, 0.4) is 0 Å². The fourth-order valence-electron chi connectivity index (χ4n) is 2.40. The van der Waals surface area contributed by atoms with E-state index in [9.17, 15) is 9.59 Å². The Bertz CT molecular complexity index is 518. The van der Waals surface area contributed by atoms with Crippen molar-refractivity contribution in [1.82, 2.24) is 25.6 Å². The lowest BCUT2D eigenvalue weighted by atomic mass is 10.1. The van der Waals surface area contributed by atoms with Crippen LogP contribution in [0.5, 0.6) is 0 Å². The number of amides is 2. The van der Waals surface area contributed by atoms with Crippen molar-refractivity contribution >= 4 is 17.6 Å². The summed E-state index contributed by atoms with van der Waals surface area (Å²) in [4.78, 5) is 23.5. The van der Waals surface area contributed by atoms with Gasteiger partial charge in [-0.25, -0.2) is 4.68 Å². The van der Waals surface area contributed by atoms with Crippen molar-refractivity contribution in [2.75, 3.05) is 18.4 Å². The van der Waals surface area contributed by atoms with E-state index in [-0.39, 0.29) is 30.3 Å². The quantitative estimate of drug-likeness (QED) is 0.679. The number of hydrogen-bond donors (Lipinski definition) is 3. The van der Waals surface area contributed by atoms with Gasteiger partial charge in [-0.2, -0.15) is 0 Å². The minimum atomic E-state index is -0.0892. The molecule has 8 nitrogen and oxygen atoms in total. The zero-order valence-electron chi connectivity index (χ0n) is 11.8. The number of nitrogens with zero attached hydrogens (tertiary/aromatic N) is 3. The number of carbonyl (C=O) groups is 2. The first-order valence-electron chi connectivity index (χ1n) is 7.42. The third-order valence-electron chi connectivity index (χ3n) is 3.71. The second-order valence-corrected chi connectivity index (χ2v) is 5.68. The number of aromatic nitrogens is 3. The van der Waals surface area contributed by atoms with Crippen LogP contribution < -0.4 is 16.0 Å². The largest absolute Gasteiger partial charge is 0.350 e. The smallest absolute Gasteiger partial charge is 0.242 e. The van der Waals surface area contributed by atoms with Crippen LogP contribution in [0.4, 0.5) is 5.82 Å². The van der Waals surface area contributed by atoms with Gasteiger partial charge in [-0.05, 0) is 32.2 Å². The van der Waals surface area contributed by atoms with Crippen molar-refractivity contribution in [1.29, 1.82) is 0 Å². The monoisotopic (exact) mass is 292 g/mol. The van der Waals surface area contributed by atoms with Gasteiger partial charge in [-0.15, -0.1) is 5.10 Å². The molecule has 1 unspecified atom stereocenters. The Morgan fingerprint density at radius 1 is 1.38 bits per heavy atom. The normalized spacial score (nSPS) is 21.8. The van der Waals surface area contributed by atoms with Crippen molar-refractivity contribution in [2.45, 2.75) is 38.3 Å². The average Bonchev–Trinajstić information content (AvgIpc) is 3.23. The van der Waals surface area contributed by atoms with E-state index in [1.807, 2.05) is 0 Å². The van der Waals surface area contributed by atoms with Gasteiger partial charge in [0.05, 0.1) is 6.20 Å². The molecule has 0 bridgehead atoms. The maximum Gasteiger partial charge on any atom is 0.242 e. The number of rotatable bonds is 5. The SMILES string of the molecule is O=C(Cn1cc(NC(=O)C2CC2)nn1)NC1CCCNC1. The molecule has 1 atom stereocenters. The molecule has 2 heterocycles. The lowest BCUT2D eigenvalue weighted by molar-refractivity contribution is -0.122. The lowest BCUT2D eigenvalue weighted by Crippen LogP contribution is -2.46. The van der Waals surface area contributed by atoms with Gasteiger partial charge in [0, 0.05) is 18.5 Å². The van der Waals surface area contributed by atoms with Crippen LogP contribution in [0.25, 0.3) is 0 Å². The van der Waals surface area contributed by atoms with Gasteiger partial charge in [-0.1, -0.05) is 5.21 Å². The zero-order valence-corrected chi connectivity index (χ0v) is 11.8. The summed E-state index contributed by atoms with van der Waals surface area (Å²) in [5.41, 5.74) is 0. The minimum Gasteiger partial charge on any atom is -0.350 e. The van der Waals surface area contributed by atoms with Gasteiger partial charge in [0.25, 0.3) is 0 Å². The number of anilines is 1. The highest BCUT2D eigenvalue weighted by Gasteiger charge is 2.30. The highest BCUT2D eigenvalue weighted by molar-refractivity contribution is 5.93. The van der Waals surface area contributed by atoms with Crippen LogP contribution in [0.1, 0.15) is 25.7 Å². The standard InChI is InChI=1S/C13H20N6O2/c20-12(15-10-2-1-5-14-6-10)8-19-7-11(17-18-19)16-13(21)9-3-4-9/h7,9-10,14H,1-6,8H2,(H,15,20)(H,16,21). The van der Waals surface area contributed by atoms with Gasteiger partial charge in [0.1, 0.15) is 6.54 Å². The van der Waals surface area contributed by atoms with Crippen LogP contribution in [0, 0.1) is 5.92 Å². The van der Waals surface area contributed by atoms with Crippen molar-refractivity contribution in [3.05, 3.63) is 6.20 Å². The number of carbonyl (C=O) groups excluding carboxylic acids is 2. The molecule has 2 aliphatic rings. The maximum absolute atomic E-state index is 11.9. The van der Waals surface area contributed by atoms with Crippen molar-refractivity contribution in [2.24, 2.45) is 5.92 Å². The summed E-state index contributed by atoms with van der Waals surface area (Å²) in [5, 5.41) is 16.6. The Morgan fingerprint density at radius 3 is 2.95 bits per heavy atom. The Labute approximate surface area is 122 Å². The molecular formula is C13H20N6O2. The van der Waals surface area contributed by atoms with E-state index < -0.39 is 0 Å². The third kappa shape index (κ3) is 4.01. The van der Waals surface area contributed by atoms with Gasteiger partial charge >= 0.3 is 0 Å². The lowest BCUT2D eigenvalue weighted by Gasteiger charge is -2.23. The highest BCUT2D eigenvalue weighted by Crippen LogP contribution is 2.29. The maximum atomic E-state index is 11.9. The second-order valence-electron chi connectivity index (χ2n) is 5.68.